The molecule has 4 unspecified atom stereocenters. The molecule has 0 saturated carbocycles. The highest BCUT2D eigenvalue weighted by Crippen LogP contribution is 1.82. The van der Waals surface area contributed by atoms with Crippen molar-refractivity contribution in [2.24, 2.45) is 0 Å². The molecule has 2 nitrogen and oxygen atoms in total. The smallest absolute Gasteiger partial charge is 0.0444 e. The lowest BCUT2D eigenvalue weighted by Crippen LogP contribution is -2.40. The summed E-state index contributed by atoms with van der Waals surface area (Å²) >= 11 is 0. The highest BCUT2D eigenvalue weighted by Gasteiger charge is 2.01. The summed E-state index contributed by atoms with van der Waals surface area (Å²) in [6.45, 7) is -7.61. The molecule has 1 heterocycles. The van der Waals surface area contributed by atoms with Gasteiger partial charge in [-0.2, -0.15) is 0 Å². The summed E-state index contributed by atoms with van der Waals surface area (Å²) in [6, 6.07) is 0. The van der Waals surface area contributed by atoms with Crippen molar-refractivity contribution < 1.29 is 9.60 Å². The van der Waals surface area contributed by atoms with Crippen molar-refractivity contribution in [3.8, 4) is 0 Å². The standard InChI is InChI=1S/C5H12N2/c1-7-4-2-6-3-5-7/h6H,2-5H2,1H3/i1D3,2D,3D,4D,5D. The third-order valence-corrected chi connectivity index (χ3v) is 0.663. The van der Waals surface area contributed by atoms with Gasteiger partial charge in [-0.3, -0.25) is 0 Å². The molecule has 1 aliphatic rings. The van der Waals surface area contributed by atoms with E-state index in [-0.39, 0.29) is 0 Å². The number of rotatable bonds is 0. The van der Waals surface area contributed by atoms with E-state index in [0.717, 1.165) is 0 Å². The van der Waals surface area contributed by atoms with Gasteiger partial charge in [0.15, 0.2) is 0 Å². The maximum Gasteiger partial charge on any atom is 0.0444 e. The van der Waals surface area contributed by atoms with Gasteiger partial charge in [0.2, 0.25) is 0 Å². The van der Waals surface area contributed by atoms with Crippen molar-refractivity contribution in [2.45, 2.75) is 0 Å². The fourth-order valence-corrected chi connectivity index (χ4v) is 0.352. The predicted octanol–water partition coefficient (Wildman–Crippen LogP) is -0.479. The number of piperazine rings is 1. The van der Waals surface area contributed by atoms with Crippen LogP contribution in [0.1, 0.15) is 9.60 Å². The highest BCUT2D eigenvalue weighted by molar-refractivity contribution is 4.62. The summed E-state index contributed by atoms with van der Waals surface area (Å²) in [7, 11) is 0. The molecule has 1 N–H and O–H groups in total. The van der Waals surface area contributed by atoms with Gasteiger partial charge in [-0.05, 0) is 6.98 Å². The van der Waals surface area contributed by atoms with E-state index in [1.807, 2.05) is 0 Å². The van der Waals surface area contributed by atoms with E-state index < -0.39 is 33.1 Å². The van der Waals surface area contributed by atoms with Crippen molar-refractivity contribution in [1.29, 1.82) is 0 Å². The Bertz CT molecular complexity index is 193. The van der Waals surface area contributed by atoms with Crippen LogP contribution in [-0.4, -0.2) is 38.0 Å². The molecule has 4 atom stereocenters. The number of nitrogens with zero attached hydrogens (tertiary/aromatic N) is 1. The molecular weight excluding hydrogens is 88.1 g/mol. The first kappa shape index (κ1) is 1.25. The number of hydrogen-bond donors (Lipinski definition) is 1. The molecule has 1 rings (SSSR count). The Kier molecular flexibility index (Phi) is 0.408. The van der Waals surface area contributed by atoms with E-state index >= 15 is 0 Å². The topological polar surface area (TPSA) is 15.3 Å². The number of hydrogen-bond acceptors (Lipinski definition) is 2. The molecule has 1 saturated heterocycles. The zero-order valence-electron chi connectivity index (χ0n) is 10.8. The fraction of sp³-hybridized carbons (Fsp3) is 1.00. The third-order valence-electron chi connectivity index (χ3n) is 0.663. The molecule has 7 heavy (non-hydrogen) atoms. The zero-order valence-corrected chi connectivity index (χ0v) is 3.76. The minimum Gasteiger partial charge on any atom is -0.314 e. The van der Waals surface area contributed by atoms with Crippen LogP contribution in [-0.2, 0) is 0 Å². The van der Waals surface area contributed by atoms with Crippen LogP contribution in [0, 0.1) is 0 Å². The van der Waals surface area contributed by atoms with Crippen LogP contribution < -0.4 is 5.32 Å². The van der Waals surface area contributed by atoms with Crippen LogP contribution >= 0.6 is 0 Å². The zero-order chi connectivity index (χ0) is 11.1. The minimum atomic E-state index is -2.60. The average Bonchev–Trinajstić information content (AvgIpc) is 1.98. The van der Waals surface area contributed by atoms with E-state index in [0.29, 0.717) is 4.90 Å². The van der Waals surface area contributed by atoms with E-state index in [2.05, 4.69) is 5.32 Å². The summed E-state index contributed by atoms with van der Waals surface area (Å²) in [5, 5.41) is 2.35. The van der Waals surface area contributed by atoms with Crippen molar-refractivity contribution in [3.63, 3.8) is 0 Å². The van der Waals surface area contributed by atoms with Crippen LogP contribution in [0.3, 0.4) is 0 Å². The normalized spacial score (nSPS) is 83.7. The van der Waals surface area contributed by atoms with Crippen molar-refractivity contribution >= 4 is 0 Å². The first-order chi connectivity index (χ1) is 6.25. The summed E-state index contributed by atoms with van der Waals surface area (Å²) in [5.74, 6) is 0. The Morgan fingerprint density at radius 2 is 2.43 bits per heavy atom. The molecule has 0 amide bonds. The van der Waals surface area contributed by atoms with Crippen molar-refractivity contribution in [1.82, 2.24) is 10.2 Å². The van der Waals surface area contributed by atoms with Crippen LogP contribution in [0.2, 0.25) is 0 Å². The second-order valence-electron chi connectivity index (χ2n) is 1.21. The van der Waals surface area contributed by atoms with Crippen LogP contribution in [0.4, 0.5) is 0 Å². The molecule has 2 heteroatoms. The van der Waals surface area contributed by atoms with Crippen LogP contribution in [0.15, 0.2) is 0 Å². The second-order valence-corrected chi connectivity index (χ2v) is 1.21. The molecule has 0 spiro atoms. The lowest BCUT2D eigenvalue weighted by Gasteiger charge is -2.21. The van der Waals surface area contributed by atoms with Gasteiger partial charge in [0.25, 0.3) is 0 Å². The Morgan fingerprint density at radius 3 is 3.00 bits per heavy atom. The highest BCUT2D eigenvalue weighted by atomic mass is 15.2. The van der Waals surface area contributed by atoms with E-state index in [1.54, 1.807) is 0 Å². The maximum atomic E-state index is 7.42. The van der Waals surface area contributed by atoms with E-state index in [4.69, 9.17) is 9.60 Å². The van der Waals surface area contributed by atoms with Gasteiger partial charge in [0.05, 0.1) is 0 Å². The summed E-state index contributed by atoms with van der Waals surface area (Å²) in [6.07, 6.45) is 0. The molecular formula is C5H12N2. The maximum absolute atomic E-state index is 7.42. The van der Waals surface area contributed by atoms with Gasteiger partial charge in [-0.25, -0.2) is 0 Å². The monoisotopic (exact) mass is 107 g/mol. The molecule has 1 aliphatic heterocycles. The van der Waals surface area contributed by atoms with Gasteiger partial charge >= 0.3 is 0 Å². The molecule has 0 aromatic carbocycles. The van der Waals surface area contributed by atoms with Crippen molar-refractivity contribution in [2.75, 3.05) is 33.1 Å². The summed E-state index contributed by atoms with van der Waals surface area (Å²) in [4.78, 5) is 0.596. The number of nitrogens with one attached hydrogen (secondary N) is 1. The van der Waals surface area contributed by atoms with Gasteiger partial charge in [-0.1, -0.05) is 0 Å². The number of likely N-dealkylation sites (N-methyl/N-ethyl adjacent to an activating group) is 1. The first-order valence-electron chi connectivity index (χ1n) is 5.79. The van der Waals surface area contributed by atoms with E-state index in [1.165, 1.54) is 0 Å². The molecule has 0 bridgehead atoms. The third kappa shape index (κ3) is 1.45. The second kappa shape index (κ2) is 2.28. The van der Waals surface area contributed by atoms with Crippen LogP contribution in [0.25, 0.3) is 0 Å². The molecule has 42 valence electrons. The summed E-state index contributed by atoms with van der Waals surface area (Å²) in [5.41, 5.74) is 0. The SMILES string of the molecule is [2H]C1NC([2H])C([2H])N(C([2H])([2H])[2H])C1[2H]. The fourth-order valence-electron chi connectivity index (χ4n) is 0.352. The quantitative estimate of drug-likeness (QED) is 0.450. The first-order valence-corrected chi connectivity index (χ1v) is 1.98. The lowest BCUT2D eigenvalue weighted by atomic mass is 10.4. The van der Waals surface area contributed by atoms with Gasteiger partial charge in [0, 0.05) is 35.7 Å². The van der Waals surface area contributed by atoms with Crippen molar-refractivity contribution in [3.05, 3.63) is 0 Å². The largest absolute Gasteiger partial charge is 0.314 e. The summed E-state index contributed by atoms with van der Waals surface area (Å²) < 4.78 is 50.8. The van der Waals surface area contributed by atoms with Gasteiger partial charge in [-0.15, -0.1) is 0 Å². The molecule has 0 aliphatic carbocycles. The molecule has 0 aromatic rings. The Balaban J connectivity index is 2.88. The average molecular weight is 107 g/mol. The molecule has 0 aromatic heterocycles. The minimum absolute atomic E-state index is 0.596. The molecule has 0 radical (unpaired) electrons. The predicted molar refractivity (Wildman–Crippen MR) is 30.4 cm³/mol. The van der Waals surface area contributed by atoms with E-state index in [9.17, 15) is 0 Å². The van der Waals surface area contributed by atoms with Gasteiger partial charge in [0.1, 0.15) is 0 Å². The van der Waals surface area contributed by atoms with Crippen LogP contribution in [0.5, 0.6) is 0 Å². The molecule has 1 fully saturated rings. The van der Waals surface area contributed by atoms with Gasteiger partial charge < -0.3 is 10.2 Å². The lowest BCUT2D eigenvalue weighted by molar-refractivity contribution is 0.291. The Morgan fingerprint density at radius 1 is 1.71 bits per heavy atom. The Hall–Kier alpha value is -0.0800. The Labute approximate surface area is 54.3 Å².